The number of amides is 1. The van der Waals surface area contributed by atoms with E-state index in [-0.39, 0.29) is 12.5 Å². The molecule has 2 aromatic carbocycles. The van der Waals surface area contributed by atoms with Gasteiger partial charge in [0.2, 0.25) is 5.91 Å². The Morgan fingerprint density at radius 1 is 0.950 bits per heavy atom. The van der Waals surface area contributed by atoms with E-state index in [2.05, 4.69) is 0 Å². The van der Waals surface area contributed by atoms with E-state index < -0.39 is 5.91 Å². The number of carbonyl (C=O) groups excluding carboxylic acids is 1. The minimum absolute atomic E-state index is 0.142. The Kier molecular flexibility index (Phi) is 4.69. The molecule has 1 unspecified atom stereocenters. The van der Waals surface area contributed by atoms with E-state index in [1.807, 2.05) is 66.7 Å². The molecule has 0 bridgehead atoms. The third kappa shape index (κ3) is 3.80. The molecular weight excluding hydrogens is 248 g/mol. The minimum Gasteiger partial charge on any atom is -0.370 e. The van der Waals surface area contributed by atoms with E-state index in [4.69, 9.17) is 11.5 Å². The Bertz CT molecular complexity index is 549. The SMILES string of the molecule is NC(=O)CC(N)C=C(c1ccccc1)c1ccccc1. The van der Waals surface area contributed by atoms with E-state index in [0.717, 1.165) is 16.7 Å². The molecule has 0 heterocycles. The van der Waals surface area contributed by atoms with Crippen LogP contribution in [0.4, 0.5) is 0 Å². The van der Waals surface area contributed by atoms with Crippen molar-refractivity contribution in [3.63, 3.8) is 0 Å². The minimum atomic E-state index is -0.394. The summed E-state index contributed by atoms with van der Waals surface area (Å²) in [6, 6.07) is 19.6. The molecule has 3 nitrogen and oxygen atoms in total. The standard InChI is InChI=1S/C17H18N2O/c18-15(12-17(19)20)11-16(13-7-3-1-4-8-13)14-9-5-2-6-10-14/h1-11,15H,12,18H2,(H2,19,20). The van der Waals surface area contributed by atoms with Crippen LogP contribution >= 0.6 is 0 Å². The van der Waals surface area contributed by atoms with Gasteiger partial charge in [0, 0.05) is 12.5 Å². The smallest absolute Gasteiger partial charge is 0.219 e. The Hall–Kier alpha value is -2.39. The lowest BCUT2D eigenvalue weighted by molar-refractivity contribution is -0.118. The van der Waals surface area contributed by atoms with E-state index in [0.29, 0.717) is 0 Å². The van der Waals surface area contributed by atoms with Crippen molar-refractivity contribution in [2.75, 3.05) is 0 Å². The van der Waals surface area contributed by atoms with Crippen molar-refractivity contribution in [1.29, 1.82) is 0 Å². The maximum atomic E-state index is 11.0. The second-order valence-corrected chi connectivity index (χ2v) is 4.65. The molecule has 0 aliphatic rings. The Balaban J connectivity index is 2.40. The molecule has 0 aliphatic carbocycles. The number of nitrogens with two attached hydrogens (primary N) is 2. The quantitative estimate of drug-likeness (QED) is 0.872. The van der Waals surface area contributed by atoms with Gasteiger partial charge in [0.05, 0.1) is 0 Å². The van der Waals surface area contributed by atoms with Gasteiger partial charge < -0.3 is 11.5 Å². The fraction of sp³-hybridized carbons (Fsp3) is 0.118. The Morgan fingerprint density at radius 2 is 1.40 bits per heavy atom. The summed E-state index contributed by atoms with van der Waals surface area (Å²) in [5.41, 5.74) is 14.3. The van der Waals surface area contributed by atoms with E-state index in [1.165, 1.54) is 0 Å². The van der Waals surface area contributed by atoms with Crippen LogP contribution < -0.4 is 11.5 Å². The zero-order valence-corrected chi connectivity index (χ0v) is 11.2. The highest BCUT2D eigenvalue weighted by Crippen LogP contribution is 2.23. The molecule has 2 rings (SSSR count). The summed E-state index contributed by atoms with van der Waals surface area (Å²) < 4.78 is 0. The molecule has 1 atom stereocenters. The number of primary amides is 1. The predicted octanol–water partition coefficient (Wildman–Crippen LogP) is 2.32. The Morgan fingerprint density at radius 3 is 1.80 bits per heavy atom. The van der Waals surface area contributed by atoms with E-state index in [1.54, 1.807) is 0 Å². The van der Waals surface area contributed by atoms with Crippen molar-refractivity contribution in [2.24, 2.45) is 11.5 Å². The largest absolute Gasteiger partial charge is 0.370 e. The van der Waals surface area contributed by atoms with Crippen LogP contribution in [0.3, 0.4) is 0 Å². The summed E-state index contributed by atoms with van der Waals surface area (Å²) >= 11 is 0. The monoisotopic (exact) mass is 266 g/mol. The lowest BCUT2D eigenvalue weighted by atomic mass is 9.95. The van der Waals surface area contributed by atoms with Gasteiger partial charge in [-0.3, -0.25) is 4.79 Å². The second kappa shape index (κ2) is 6.68. The topological polar surface area (TPSA) is 69.1 Å². The average Bonchev–Trinajstić information content (AvgIpc) is 2.46. The summed E-state index contributed by atoms with van der Waals surface area (Å²) in [7, 11) is 0. The number of rotatable bonds is 5. The molecule has 0 spiro atoms. The van der Waals surface area contributed by atoms with Gasteiger partial charge in [-0.1, -0.05) is 66.7 Å². The van der Waals surface area contributed by atoms with Crippen molar-refractivity contribution in [3.8, 4) is 0 Å². The van der Waals surface area contributed by atoms with Crippen molar-refractivity contribution in [1.82, 2.24) is 0 Å². The normalized spacial score (nSPS) is 11.7. The fourth-order valence-corrected chi connectivity index (χ4v) is 2.10. The lowest BCUT2D eigenvalue weighted by Crippen LogP contribution is -2.25. The van der Waals surface area contributed by atoms with Gasteiger partial charge in [-0.2, -0.15) is 0 Å². The Labute approximate surface area is 118 Å². The molecule has 102 valence electrons. The lowest BCUT2D eigenvalue weighted by Gasteiger charge is -2.12. The van der Waals surface area contributed by atoms with Gasteiger partial charge >= 0.3 is 0 Å². The summed E-state index contributed by atoms with van der Waals surface area (Å²) in [5, 5.41) is 0. The van der Waals surface area contributed by atoms with Crippen molar-refractivity contribution in [3.05, 3.63) is 77.9 Å². The molecular formula is C17H18N2O. The summed E-state index contributed by atoms with van der Waals surface area (Å²) in [5.74, 6) is -0.394. The van der Waals surface area contributed by atoms with Crippen LogP contribution in [0.2, 0.25) is 0 Å². The summed E-state index contributed by atoms with van der Waals surface area (Å²) in [6.07, 6.45) is 2.04. The van der Waals surface area contributed by atoms with Gasteiger partial charge in [-0.15, -0.1) is 0 Å². The first-order valence-corrected chi connectivity index (χ1v) is 6.53. The highest BCUT2D eigenvalue weighted by atomic mass is 16.1. The number of carbonyl (C=O) groups is 1. The third-order valence-electron chi connectivity index (χ3n) is 2.99. The molecule has 0 radical (unpaired) electrons. The highest BCUT2D eigenvalue weighted by Gasteiger charge is 2.09. The number of benzene rings is 2. The molecule has 3 heteroatoms. The molecule has 1 amide bonds. The molecule has 0 fully saturated rings. The maximum absolute atomic E-state index is 11.0. The highest BCUT2D eigenvalue weighted by molar-refractivity contribution is 5.81. The molecule has 0 aromatic heterocycles. The first-order chi connectivity index (χ1) is 9.66. The van der Waals surface area contributed by atoms with Gasteiger partial charge in [0.1, 0.15) is 0 Å². The van der Waals surface area contributed by atoms with Crippen molar-refractivity contribution in [2.45, 2.75) is 12.5 Å². The third-order valence-corrected chi connectivity index (χ3v) is 2.99. The molecule has 4 N–H and O–H groups in total. The first kappa shape index (κ1) is 14.0. The summed E-state index contributed by atoms with van der Waals surface area (Å²) in [6.45, 7) is 0. The first-order valence-electron chi connectivity index (χ1n) is 6.53. The molecule has 0 aliphatic heterocycles. The summed E-state index contributed by atoms with van der Waals surface area (Å²) in [4.78, 5) is 11.0. The predicted molar refractivity (Wildman–Crippen MR) is 81.7 cm³/mol. The van der Waals surface area contributed by atoms with Crippen LogP contribution in [0.25, 0.3) is 5.57 Å². The average molecular weight is 266 g/mol. The van der Waals surface area contributed by atoms with Crippen LogP contribution in [-0.4, -0.2) is 11.9 Å². The van der Waals surface area contributed by atoms with Crippen LogP contribution in [0.5, 0.6) is 0 Å². The second-order valence-electron chi connectivity index (χ2n) is 4.65. The fourth-order valence-electron chi connectivity index (χ4n) is 2.10. The van der Waals surface area contributed by atoms with Crippen LogP contribution in [0, 0.1) is 0 Å². The maximum Gasteiger partial charge on any atom is 0.219 e. The van der Waals surface area contributed by atoms with Crippen LogP contribution in [0.15, 0.2) is 66.7 Å². The van der Waals surface area contributed by atoms with E-state index in [9.17, 15) is 4.79 Å². The molecule has 20 heavy (non-hydrogen) atoms. The zero-order valence-electron chi connectivity index (χ0n) is 11.2. The van der Waals surface area contributed by atoms with Gasteiger partial charge in [0.25, 0.3) is 0 Å². The molecule has 0 saturated heterocycles. The number of hydrogen-bond donors (Lipinski definition) is 2. The zero-order chi connectivity index (χ0) is 14.4. The van der Waals surface area contributed by atoms with Gasteiger partial charge in [-0.25, -0.2) is 0 Å². The van der Waals surface area contributed by atoms with Gasteiger partial charge in [0.15, 0.2) is 0 Å². The molecule has 0 saturated carbocycles. The van der Waals surface area contributed by atoms with Crippen molar-refractivity contribution >= 4 is 11.5 Å². The number of hydrogen-bond acceptors (Lipinski definition) is 2. The van der Waals surface area contributed by atoms with Gasteiger partial charge in [-0.05, 0) is 16.7 Å². The molecule has 2 aromatic rings. The van der Waals surface area contributed by atoms with Crippen molar-refractivity contribution < 1.29 is 4.79 Å². The van der Waals surface area contributed by atoms with E-state index >= 15 is 0 Å². The van der Waals surface area contributed by atoms with Crippen LogP contribution in [-0.2, 0) is 4.79 Å². The van der Waals surface area contributed by atoms with Crippen LogP contribution in [0.1, 0.15) is 17.5 Å².